The summed E-state index contributed by atoms with van der Waals surface area (Å²) in [5.74, 6) is 0.498. The first-order valence-electron chi connectivity index (χ1n) is 6.42. The average molecular weight is 243 g/mol. The highest BCUT2D eigenvalue weighted by Gasteiger charge is 2.12. The van der Waals surface area contributed by atoms with E-state index in [0.29, 0.717) is 5.92 Å². The fraction of sp³-hybridized carbons (Fsp3) is 0.400. The normalized spacial score (nSPS) is 11.2. The number of hydrogen-bond donors (Lipinski definition) is 1. The molecule has 0 saturated carbocycles. The Morgan fingerprint density at radius 2 is 2.00 bits per heavy atom. The predicted octanol–water partition coefficient (Wildman–Crippen LogP) is 3.02. The Balaban J connectivity index is 2.49. The molecule has 0 spiro atoms. The Labute approximate surface area is 109 Å². The summed E-state index contributed by atoms with van der Waals surface area (Å²) < 4.78 is 2.04. The summed E-state index contributed by atoms with van der Waals surface area (Å²) in [7, 11) is 1.96. The lowest BCUT2D eigenvalue weighted by Gasteiger charge is -2.14. The van der Waals surface area contributed by atoms with Crippen LogP contribution in [0.5, 0.6) is 0 Å². The van der Waals surface area contributed by atoms with Crippen molar-refractivity contribution in [3.63, 3.8) is 0 Å². The van der Waals surface area contributed by atoms with Crippen molar-refractivity contribution < 1.29 is 0 Å². The molecule has 1 aromatic carbocycles. The molecule has 0 unspecified atom stereocenters. The second-order valence-corrected chi connectivity index (χ2v) is 4.91. The summed E-state index contributed by atoms with van der Waals surface area (Å²) in [4.78, 5) is 0. The minimum Gasteiger partial charge on any atom is -0.316 e. The molecule has 1 N–H and O–H groups in total. The first kappa shape index (κ1) is 12.8. The van der Waals surface area contributed by atoms with Crippen molar-refractivity contribution in [3.8, 4) is 5.69 Å². The smallest absolute Gasteiger partial charge is 0.0683 e. The zero-order valence-corrected chi connectivity index (χ0v) is 11.6. The van der Waals surface area contributed by atoms with Gasteiger partial charge in [0, 0.05) is 17.8 Å². The number of para-hydroxylation sites is 1. The van der Waals surface area contributed by atoms with Crippen molar-refractivity contribution >= 4 is 0 Å². The van der Waals surface area contributed by atoms with Crippen LogP contribution in [0.4, 0.5) is 0 Å². The van der Waals surface area contributed by atoms with E-state index >= 15 is 0 Å². The van der Waals surface area contributed by atoms with Gasteiger partial charge in [0.2, 0.25) is 0 Å². The highest BCUT2D eigenvalue weighted by molar-refractivity contribution is 5.44. The molecule has 0 fully saturated rings. The molecule has 3 heteroatoms. The van der Waals surface area contributed by atoms with Crippen LogP contribution in [-0.2, 0) is 6.54 Å². The standard InChI is InChI=1S/C15H21N3/c1-11(2)14-7-5-6-8-15(14)18-12(3)13(9-16-4)10-17-18/h5-8,10-11,16H,9H2,1-4H3. The summed E-state index contributed by atoms with van der Waals surface area (Å²) >= 11 is 0. The van der Waals surface area contributed by atoms with E-state index in [1.54, 1.807) is 0 Å². The zero-order chi connectivity index (χ0) is 13.1. The quantitative estimate of drug-likeness (QED) is 0.894. The number of hydrogen-bond acceptors (Lipinski definition) is 2. The van der Waals surface area contributed by atoms with Crippen LogP contribution in [0.3, 0.4) is 0 Å². The molecule has 0 atom stereocenters. The number of aromatic nitrogens is 2. The number of rotatable bonds is 4. The van der Waals surface area contributed by atoms with E-state index in [2.05, 4.69) is 55.5 Å². The van der Waals surface area contributed by atoms with Crippen molar-refractivity contribution in [2.45, 2.75) is 33.2 Å². The fourth-order valence-corrected chi connectivity index (χ4v) is 2.22. The molecule has 0 radical (unpaired) electrons. The monoisotopic (exact) mass is 243 g/mol. The van der Waals surface area contributed by atoms with Crippen LogP contribution in [0.15, 0.2) is 30.5 Å². The third-order valence-electron chi connectivity index (χ3n) is 3.27. The fourth-order valence-electron chi connectivity index (χ4n) is 2.22. The summed E-state index contributed by atoms with van der Waals surface area (Å²) in [5, 5.41) is 7.70. The Hall–Kier alpha value is -1.61. The molecular weight excluding hydrogens is 222 g/mol. The third-order valence-corrected chi connectivity index (χ3v) is 3.27. The largest absolute Gasteiger partial charge is 0.316 e. The van der Waals surface area contributed by atoms with E-state index in [4.69, 9.17) is 0 Å². The summed E-state index contributed by atoms with van der Waals surface area (Å²) in [6, 6.07) is 8.48. The summed E-state index contributed by atoms with van der Waals surface area (Å²) in [5.41, 5.74) is 4.97. The lowest BCUT2D eigenvalue weighted by molar-refractivity contribution is 0.782. The molecular formula is C15H21N3. The molecule has 2 rings (SSSR count). The van der Waals surface area contributed by atoms with Crippen molar-refractivity contribution in [2.75, 3.05) is 7.05 Å². The SMILES string of the molecule is CNCc1cnn(-c2ccccc2C(C)C)c1C. The molecule has 1 aromatic heterocycles. The van der Waals surface area contributed by atoms with Gasteiger partial charge in [0.25, 0.3) is 0 Å². The maximum absolute atomic E-state index is 4.52. The first-order chi connectivity index (χ1) is 8.65. The highest BCUT2D eigenvalue weighted by Crippen LogP contribution is 2.24. The molecule has 1 heterocycles. The maximum atomic E-state index is 4.52. The van der Waals surface area contributed by atoms with Gasteiger partial charge in [-0.3, -0.25) is 0 Å². The summed E-state index contributed by atoms with van der Waals surface area (Å²) in [6.07, 6.45) is 1.95. The van der Waals surface area contributed by atoms with Crippen LogP contribution in [0.1, 0.15) is 36.6 Å². The van der Waals surface area contributed by atoms with E-state index in [9.17, 15) is 0 Å². The highest BCUT2D eigenvalue weighted by atomic mass is 15.3. The van der Waals surface area contributed by atoms with Gasteiger partial charge in [-0.15, -0.1) is 0 Å². The Kier molecular flexibility index (Phi) is 3.82. The lowest BCUT2D eigenvalue weighted by atomic mass is 10.0. The molecule has 96 valence electrons. The second kappa shape index (κ2) is 5.36. The number of benzene rings is 1. The third kappa shape index (κ3) is 2.31. The van der Waals surface area contributed by atoms with Crippen molar-refractivity contribution in [2.24, 2.45) is 0 Å². The Bertz CT molecular complexity index is 526. The molecule has 0 saturated heterocycles. The molecule has 0 aliphatic carbocycles. The van der Waals surface area contributed by atoms with Gasteiger partial charge in [-0.2, -0.15) is 5.10 Å². The van der Waals surface area contributed by atoms with Gasteiger partial charge in [0.1, 0.15) is 0 Å². The summed E-state index contributed by atoms with van der Waals surface area (Å²) in [6.45, 7) is 7.41. The van der Waals surface area contributed by atoms with Gasteiger partial charge in [0.05, 0.1) is 11.9 Å². The van der Waals surface area contributed by atoms with Gasteiger partial charge in [0.15, 0.2) is 0 Å². The van der Waals surface area contributed by atoms with Crippen molar-refractivity contribution in [1.29, 1.82) is 0 Å². The van der Waals surface area contributed by atoms with E-state index in [1.807, 2.05) is 17.9 Å². The van der Waals surface area contributed by atoms with Crippen molar-refractivity contribution in [3.05, 3.63) is 47.3 Å². The van der Waals surface area contributed by atoms with Gasteiger partial charge in [-0.1, -0.05) is 32.0 Å². The number of nitrogens with one attached hydrogen (secondary N) is 1. The number of nitrogens with zero attached hydrogens (tertiary/aromatic N) is 2. The zero-order valence-electron chi connectivity index (χ0n) is 11.6. The minimum atomic E-state index is 0.498. The van der Waals surface area contributed by atoms with Crippen LogP contribution in [-0.4, -0.2) is 16.8 Å². The molecule has 0 bridgehead atoms. The van der Waals surface area contributed by atoms with E-state index < -0.39 is 0 Å². The maximum Gasteiger partial charge on any atom is 0.0683 e. The van der Waals surface area contributed by atoms with Gasteiger partial charge >= 0.3 is 0 Å². The van der Waals surface area contributed by atoms with Gasteiger partial charge in [-0.25, -0.2) is 4.68 Å². The van der Waals surface area contributed by atoms with Crippen LogP contribution in [0, 0.1) is 6.92 Å². The second-order valence-electron chi connectivity index (χ2n) is 4.91. The topological polar surface area (TPSA) is 29.9 Å². The Morgan fingerprint density at radius 1 is 1.28 bits per heavy atom. The van der Waals surface area contributed by atoms with E-state index in [1.165, 1.54) is 22.5 Å². The van der Waals surface area contributed by atoms with Crippen LogP contribution in [0.2, 0.25) is 0 Å². The molecule has 0 aliphatic rings. The van der Waals surface area contributed by atoms with Gasteiger partial charge in [-0.05, 0) is 31.5 Å². The van der Waals surface area contributed by atoms with E-state index in [-0.39, 0.29) is 0 Å². The molecule has 0 amide bonds. The first-order valence-corrected chi connectivity index (χ1v) is 6.42. The minimum absolute atomic E-state index is 0.498. The average Bonchev–Trinajstić information content (AvgIpc) is 2.72. The molecule has 3 nitrogen and oxygen atoms in total. The lowest BCUT2D eigenvalue weighted by Crippen LogP contribution is -2.08. The van der Waals surface area contributed by atoms with Crippen LogP contribution < -0.4 is 5.32 Å². The van der Waals surface area contributed by atoms with Gasteiger partial charge < -0.3 is 5.32 Å². The van der Waals surface area contributed by atoms with E-state index in [0.717, 1.165) is 6.54 Å². The van der Waals surface area contributed by atoms with Crippen LogP contribution >= 0.6 is 0 Å². The van der Waals surface area contributed by atoms with Crippen molar-refractivity contribution in [1.82, 2.24) is 15.1 Å². The molecule has 18 heavy (non-hydrogen) atoms. The predicted molar refractivity (Wildman–Crippen MR) is 75.2 cm³/mol. The molecule has 0 aliphatic heterocycles. The Morgan fingerprint density at radius 3 is 2.67 bits per heavy atom. The van der Waals surface area contributed by atoms with Crippen LogP contribution in [0.25, 0.3) is 5.69 Å². The molecule has 2 aromatic rings.